The summed E-state index contributed by atoms with van der Waals surface area (Å²) in [5.41, 5.74) is 19.8. The smallest absolute Gasteiger partial charge is 0.161 e. The van der Waals surface area contributed by atoms with E-state index >= 15 is 0 Å². The van der Waals surface area contributed by atoms with Gasteiger partial charge < -0.3 is 0 Å². The first-order valence-corrected chi connectivity index (χ1v) is 22.5. The number of aromatic nitrogens is 2. The zero-order valence-corrected chi connectivity index (χ0v) is 36.3. The first kappa shape index (κ1) is 38.5. The summed E-state index contributed by atoms with van der Waals surface area (Å²) in [5.74, 6) is 0.698. The van der Waals surface area contributed by atoms with Crippen LogP contribution in [0.2, 0.25) is 0 Å². The maximum absolute atomic E-state index is 5.32. The van der Waals surface area contributed by atoms with Gasteiger partial charge in [0.2, 0.25) is 0 Å². The highest BCUT2D eigenvalue weighted by atomic mass is 14.9. The van der Waals surface area contributed by atoms with Crippen molar-refractivity contribution in [2.75, 3.05) is 0 Å². The van der Waals surface area contributed by atoms with Gasteiger partial charge in [0.25, 0.3) is 0 Å². The highest BCUT2D eigenvalue weighted by Crippen LogP contribution is 2.53. The summed E-state index contributed by atoms with van der Waals surface area (Å²) in [4.78, 5) is 10.6. The molecule has 12 rings (SSSR count). The minimum Gasteiger partial charge on any atom is -0.228 e. The predicted molar refractivity (Wildman–Crippen MR) is 273 cm³/mol. The third-order valence-corrected chi connectivity index (χ3v) is 13.5. The summed E-state index contributed by atoms with van der Waals surface area (Å²) in [5, 5.41) is 4.84. The fourth-order valence-corrected chi connectivity index (χ4v) is 10.1. The standard InChI is InChI=1S/C63H44N2/c1-63(2)57-23-13-22-52(61(57)56-38-49-18-9-10-19-50(49)39-58(56)63)46-30-28-45(29-31-46)51-36-37-55(54-21-12-11-20-53(51)54)62-64-59(47-32-24-43(25-33-47)41-14-5-3-6-15-41)40-60(65-62)48-34-26-44(27-35-48)42-16-7-4-8-17-42/h3-40H,1-2H3. The van der Waals surface area contributed by atoms with Crippen molar-refractivity contribution in [1.29, 1.82) is 0 Å². The van der Waals surface area contributed by atoms with Gasteiger partial charge in [-0.1, -0.05) is 220 Å². The van der Waals surface area contributed by atoms with Crippen LogP contribution in [0.15, 0.2) is 231 Å². The Labute approximate surface area is 380 Å². The van der Waals surface area contributed by atoms with Crippen molar-refractivity contribution in [3.8, 4) is 89.5 Å². The van der Waals surface area contributed by atoms with Crippen LogP contribution in [-0.4, -0.2) is 9.97 Å². The van der Waals surface area contributed by atoms with Gasteiger partial charge in [0, 0.05) is 22.1 Å². The maximum atomic E-state index is 5.32. The van der Waals surface area contributed by atoms with Gasteiger partial charge in [-0.05, 0) is 113 Å². The third kappa shape index (κ3) is 6.74. The molecule has 10 aromatic carbocycles. The van der Waals surface area contributed by atoms with Crippen LogP contribution >= 0.6 is 0 Å². The number of rotatable bonds is 7. The molecule has 0 bridgehead atoms. The van der Waals surface area contributed by atoms with Crippen molar-refractivity contribution < 1.29 is 0 Å². The fourth-order valence-electron chi connectivity index (χ4n) is 10.1. The molecule has 65 heavy (non-hydrogen) atoms. The second-order valence-electron chi connectivity index (χ2n) is 17.7. The van der Waals surface area contributed by atoms with E-state index in [1.165, 1.54) is 77.5 Å². The van der Waals surface area contributed by atoms with Gasteiger partial charge >= 0.3 is 0 Å². The Morgan fingerprint density at radius 3 is 1.32 bits per heavy atom. The largest absolute Gasteiger partial charge is 0.228 e. The lowest BCUT2D eigenvalue weighted by Crippen LogP contribution is -2.14. The molecular weight excluding hydrogens is 785 g/mol. The summed E-state index contributed by atoms with van der Waals surface area (Å²) < 4.78 is 0. The van der Waals surface area contributed by atoms with E-state index in [-0.39, 0.29) is 5.41 Å². The van der Waals surface area contributed by atoms with E-state index in [1.807, 2.05) is 0 Å². The summed E-state index contributed by atoms with van der Waals surface area (Å²) in [7, 11) is 0. The predicted octanol–water partition coefficient (Wildman–Crippen LogP) is 16.8. The Bertz CT molecular complexity index is 3470. The van der Waals surface area contributed by atoms with E-state index in [9.17, 15) is 0 Å². The van der Waals surface area contributed by atoms with Crippen LogP contribution in [0.4, 0.5) is 0 Å². The Hall–Kier alpha value is -8.20. The van der Waals surface area contributed by atoms with E-state index < -0.39 is 0 Å². The van der Waals surface area contributed by atoms with Crippen molar-refractivity contribution in [2.45, 2.75) is 19.3 Å². The quantitative estimate of drug-likeness (QED) is 0.160. The SMILES string of the molecule is CC1(C)c2cc3ccccc3cc2-c2c(-c3ccc(-c4ccc(-c5nc(-c6ccc(-c7ccccc7)cc6)cc(-c6ccc(-c7ccccc7)cc6)n5)c5ccccc45)cc3)cccc21. The van der Waals surface area contributed by atoms with E-state index in [0.29, 0.717) is 5.82 Å². The molecule has 0 spiro atoms. The van der Waals surface area contributed by atoms with Crippen LogP contribution in [0.25, 0.3) is 111 Å². The van der Waals surface area contributed by atoms with Crippen LogP contribution in [0.3, 0.4) is 0 Å². The number of fused-ring (bicyclic) bond motifs is 5. The Balaban J connectivity index is 0.939. The normalized spacial score (nSPS) is 12.6. The van der Waals surface area contributed by atoms with E-state index in [1.54, 1.807) is 0 Å². The van der Waals surface area contributed by atoms with Crippen LogP contribution < -0.4 is 0 Å². The monoisotopic (exact) mass is 828 g/mol. The molecule has 1 aliphatic carbocycles. The van der Waals surface area contributed by atoms with Crippen molar-refractivity contribution in [3.63, 3.8) is 0 Å². The van der Waals surface area contributed by atoms with Crippen LogP contribution in [-0.2, 0) is 5.41 Å². The van der Waals surface area contributed by atoms with Crippen molar-refractivity contribution in [2.24, 2.45) is 0 Å². The minimum atomic E-state index is -0.0880. The lowest BCUT2D eigenvalue weighted by atomic mass is 9.81. The molecule has 1 heterocycles. The lowest BCUT2D eigenvalue weighted by molar-refractivity contribution is 0.661. The van der Waals surface area contributed by atoms with Crippen LogP contribution in [0.1, 0.15) is 25.0 Å². The number of hydrogen-bond donors (Lipinski definition) is 0. The summed E-state index contributed by atoms with van der Waals surface area (Å²) >= 11 is 0. The Morgan fingerprint density at radius 2 is 0.738 bits per heavy atom. The highest BCUT2D eigenvalue weighted by molar-refractivity contribution is 6.05. The third-order valence-electron chi connectivity index (χ3n) is 13.5. The number of benzene rings is 10. The highest BCUT2D eigenvalue weighted by Gasteiger charge is 2.37. The summed E-state index contributed by atoms with van der Waals surface area (Å²) in [6.45, 7) is 4.73. The molecule has 1 aromatic heterocycles. The zero-order valence-electron chi connectivity index (χ0n) is 36.3. The van der Waals surface area contributed by atoms with Crippen LogP contribution in [0.5, 0.6) is 0 Å². The van der Waals surface area contributed by atoms with Gasteiger partial charge in [-0.2, -0.15) is 0 Å². The molecule has 0 radical (unpaired) electrons. The Morgan fingerprint density at radius 1 is 0.292 bits per heavy atom. The molecule has 11 aromatic rings. The fraction of sp³-hybridized carbons (Fsp3) is 0.0476. The molecule has 0 fully saturated rings. The number of nitrogens with zero attached hydrogens (tertiary/aromatic N) is 2. The van der Waals surface area contributed by atoms with E-state index in [2.05, 4.69) is 244 Å². The summed E-state index contributed by atoms with van der Waals surface area (Å²) in [6.07, 6.45) is 0. The molecule has 0 amide bonds. The first-order chi connectivity index (χ1) is 32.0. The molecular formula is C63H44N2. The second kappa shape index (κ2) is 15.6. The van der Waals surface area contributed by atoms with Crippen molar-refractivity contribution in [1.82, 2.24) is 9.97 Å². The Kier molecular flexibility index (Phi) is 9.21. The van der Waals surface area contributed by atoms with Crippen molar-refractivity contribution >= 4 is 21.5 Å². The van der Waals surface area contributed by atoms with Gasteiger partial charge in [-0.3, -0.25) is 0 Å². The number of hydrogen-bond acceptors (Lipinski definition) is 2. The molecule has 0 atom stereocenters. The molecule has 0 saturated carbocycles. The van der Waals surface area contributed by atoms with Gasteiger partial charge in [0.05, 0.1) is 11.4 Å². The molecule has 0 N–H and O–H groups in total. The van der Waals surface area contributed by atoms with E-state index in [0.717, 1.165) is 38.9 Å². The second-order valence-corrected chi connectivity index (χ2v) is 17.7. The van der Waals surface area contributed by atoms with Gasteiger partial charge in [0.15, 0.2) is 5.82 Å². The average Bonchev–Trinajstić information content (AvgIpc) is 3.60. The summed E-state index contributed by atoms with van der Waals surface area (Å²) in [6, 6.07) is 83.2. The maximum Gasteiger partial charge on any atom is 0.161 e. The topological polar surface area (TPSA) is 25.8 Å². The lowest BCUT2D eigenvalue weighted by Gasteiger charge is -2.22. The van der Waals surface area contributed by atoms with Gasteiger partial charge in [-0.25, -0.2) is 9.97 Å². The van der Waals surface area contributed by atoms with Crippen molar-refractivity contribution in [3.05, 3.63) is 242 Å². The molecule has 1 aliphatic rings. The molecule has 0 aliphatic heterocycles. The van der Waals surface area contributed by atoms with E-state index in [4.69, 9.17) is 9.97 Å². The first-order valence-electron chi connectivity index (χ1n) is 22.5. The molecule has 306 valence electrons. The van der Waals surface area contributed by atoms with Gasteiger partial charge in [-0.15, -0.1) is 0 Å². The van der Waals surface area contributed by atoms with Crippen LogP contribution in [0, 0.1) is 0 Å². The minimum absolute atomic E-state index is 0.0880. The molecule has 0 saturated heterocycles. The molecule has 2 heteroatoms. The average molecular weight is 829 g/mol. The molecule has 0 unspecified atom stereocenters. The van der Waals surface area contributed by atoms with Gasteiger partial charge in [0.1, 0.15) is 0 Å². The molecule has 2 nitrogen and oxygen atoms in total. The zero-order chi connectivity index (χ0) is 43.5.